The fourth-order valence-electron chi connectivity index (χ4n) is 3.79. The number of alkyl carbamates (subject to hydrolysis) is 1. The minimum absolute atomic E-state index is 0.228. The standard InChI is InChI=1S/C23H28N4O3/c1-23(2,3)30-22(28)27-20(16-8-12-29-13-9-16)21-25-18-5-4-17(14-19(18)26-21)15-6-10-24-11-7-15/h4-7,10-11,14,16,20H,8-9,12-13H2,1-3H3,(H,25,26)(H,27,28)/t20-/m1/s1. The molecule has 0 radical (unpaired) electrons. The summed E-state index contributed by atoms with van der Waals surface area (Å²) >= 11 is 0. The third kappa shape index (κ3) is 4.79. The summed E-state index contributed by atoms with van der Waals surface area (Å²) in [5, 5.41) is 3.05. The molecule has 158 valence electrons. The van der Waals surface area contributed by atoms with Crippen LogP contribution in [0.25, 0.3) is 22.2 Å². The first-order valence-corrected chi connectivity index (χ1v) is 10.4. The summed E-state index contributed by atoms with van der Waals surface area (Å²) in [7, 11) is 0. The van der Waals surface area contributed by atoms with E-state index in [0.29, 0.717) is 13.2 Å². The lowest BCUT2D eigenvalue weighted by Gasteiger charge is -2.30. The van der Waals surface area contributed by atoms with Gasteiger partial charge in [-0.15, -0.1) is 0 Å². The Bertz CT molecular complexity index is 1000. The Morgan fingerprint density at radius 1 is 1.17 bits per heavy atom. The van der Waals surface area contributed by atoms with E-state index >= 15 is 0 Å². The van der Waals surface area contributed by atoms with Crippen LogP contribution in [0.5, 0.6) is 0 Å². The highest BCUT2D eigenvalue weighted by atomic mass is 16.6. The van der Waals surface area contributed by atoms with E-state index in [1.807, 2.05) is 45.0 Å². The molecular weight excluding hydrogens is 380 g/mol. The van der Waals surface area contributed by atoms with Crippen LogP contribution in [0.3, 0.4) is 0 Å². The molecule has 7 nitrogen and oxygen atoms in total. The van der Waals surface area contributed by atoms with Crippen LogP contribution >= 0.6 is 0 Å². The molecule has 0 spiro atoms. The monoisotopic (exact) mass is 408 g/mol. The van der Waals surface area contributed by atoms with E-state index in [1.54, 1.807) is 12.4 Å². The van der Waals surface area contributed by atoms with Crippen LogP contribution in [0.4, 0.5) is 4.79 Å². The average molecular weight is 409 g/mol. The lowest BCUT2D eigenvalue weighted by molar-refractivity contribution is 0.0340. The second kappa shape index (κ2) is 8.44. The van der Waals surface area contributed by atoms with E-state index in [9.17, 15) is 4.79 Å². The quantitative estimate of drug-likeness (QED) is 0.658. The van der Waals surface area contributed by atoms with Gasteiger partial charge in [-0.3, -0.25) is 4.98 Å². The highest BCUT2D eigenvalue weighted by Gasteiger charge is 2.31. The topological polar surface area (TPSA) is 89.1 Å². The number of rotatable bonds is 4. The number of carbonyl (C=O) groups excluding carboxylic acids is 1. The number of aromatic amines is 1. The van der Waals surface area contributed by atoms with Crippen LogP contribution in [0.2, 0.25) is 0 Å². The van der Waals surface area contributed by atoms with Crippen molar-refractivity contribution >= 4 is 17.1 Å². The highest BCUT2D eigenvalue weighted by Crippen LogP contribution is 2.31. The van der Waals surface area contributed by atoms with Gasteiger partial charge in [-0.1, -0.05) is 6.07 Å². The molecule has 7 heteroatoms. The maximum atomic E-state index is 12.5. The Kier molecular flexibility index (Phi) is 5.72. The van der Waals surface area contributed by atoms with Crippen molar-refractivity contribution in [2.75, 3.05) is 13.2 Å². The van der Waals surface area contributed by atoms with Gasteiger partial charge in [0.15, 0.2) is 0 Å². The largest absolute Gasteiger partial charge is 0.444 e. The van der Waals surface area contributed by atoms with Crippen LogP contribution in [-0.2, 0) is 9.47 Å². The van der Waals surface area contributed by atoms with E-state index in [0.717, 1.165) is 40.8 Å². The number of hydrogen-bond acceptors (Lipinski definition) is 5. The van der Waals surface area contributed by atoms with E-state index in [-0.39, 0.29) is 12.0 Å². The number of carbonyl (C=O) groups is 1. The summed E-state index contributed by atoms with van der Waals surface area (Å²) in [5.41, 5.74) is 3.42. The second-order valence-electron chi connectivity index (χ2n) is 8.66. The van der Waals surface area contributed by atoms with Crippen LogP contribution in [0.15, 0.2) is 42.7 Å². The van der Waals surface area contributed by atoms with E-state index in [1.165, 1.54) is 0 Å². The number of amides is 1. The summed E-state index contributed by atoms with van der Waals surface area (Å²) in [6, 6.07) is 9.82. The molecule has 0 saturated carbocycles. The molecule has 1 aliphatic heterocycles. The zero-order valence-electron chi connectivity index (χ0n) is 17.6. The number of ether oxygens (including phenoxy) is 2. The summed E-state index contributed by atoms with van der Waals surface area (Å²) in [4.78, 5) is 24.8. The predicted molar refractivity (Wildman–Crippen MR) is 115 cm³/mol. The smallest absolute Gasteiger partial charge is 0.408 e. The summed E-state index contributed by atoms with van der Waals surface area (Å²) in [6.45, 7) is 6.95. The lowest BCUT2D eigenvalue weighted by Crippen LogP contribution is -2.39. The SMILES string of the molecule is CC(C)(C)OC(=O)N[C@@H](c1nc2ccc(-c3ccncc3)cc2[nH]1)C1CCOCC1. The molecule has 2 aromatic heterocycles. The molecule has 0 aliphatic carbocycles. The third-order valence-electron chi connectivity index (χ3n) is 5.22. The molecule has 1 aliphatic rings. The van der Waals surface area contributed by atoms with Gasteiger partial charge in [0.25, 0.3) is 0 Å². The Labute approximate surface area is 176 Å². The Morgan fingerprint density at radius 3 is 2.60 bits per heavy atom. The number of pyridine rings is 1. The molecule has 1 aromatic carbocycles. The molecule has 3 heterocycles. The molecule has 1 amide bonds. The maximum absolute atomic E-state index is 12.5. The zero-order chi connectivity index (χ0) is 21.1. The predicted octanol–water partition coefficient (Wildman–Crippen LogP) is 4.62. The molecule has 3 aromatic rings. The molecular formula is C23H28N4O3. The van der Waals surface area contributed by atoms with E-state index in [2.05, 4.69) is 21.4 Å². The normalized spacial score (nSPS) is 16.4. The molecule has 1 atom stereocenters. The van der Waals surface area contributed by atoms with Crippen LogP contribution in [0, 0.1) is 5.92 Å². The number of imidazole rings is 1. The fraction of sp³-hybridized carbons (Fsp3) is 0.435. The zero-order valence-corrected chi connectivity index (χ0v) is 17.6. The van der Waals surface area contributed by atoms with Crippen molar-refractivity contribution in [3.8, 4) is 11.1 Å². The molecule has 2 N–H and O–H groups in total. The first-order valence-electron chi connectivity index (χ1n) is 10.4. The first kappa shape index (κ1) is 20.3. The Morgan fingerprint density at radius 2 is 1.90 bits per heavy atom. The number of aromatic nitrogens is 3. The minimum Gasteiger partial charge on any atom is -0.444 e. The van der Waals surface area contributed by atoms with Gasteiger partial charge in [0.1, 0.15) is 11.4 Å². The van der Waals surface area contributed by atoms with Gasteiger partial charge < -0.3 is 19.8 Å². The number of fused-ring (bicyclic) bond motifs is 1. The fourth-order valence-corrected chi connectivity index (χ4v) is 3.79. The summed E-state index contributed by atoms with van der Waals surface area (Å²) in [5.74, 6) is 0.973. The number of nitrogens with one attached hydrogen (secondary N) is 2. The molecule has 1 saturated heterocycles. The average Bonchev–Trinajstić information content (AvgIpc) is 3.15. The second-order valence-corrected chi connectivity index (χ2v) is 8.66. The van der Waals surface area contributed by atoms with E-state index in [4.69, 9.17) is 14.5 Å². The van der Waals surface area contributed by atoms with Crippen LogP contribution in [-0.4, -0.2) is 39.9 Å². The number of nitrogens with zero attached hydrogens (tertiary/aromatic N) is 2. The van der Waals surface area contributed by atoms with Crippen molar-refractivity contribution in [3.05, 3.63) is 48.5 Å². The number of benzene rings is 1. The number of H-pyrrole nitrogens is 1. The third-order valence-corrected chi connectivity index (χ3v) is 5.22. The molecule has 4 rings (SSSR count). The highest BCUT2D eigenvalue weighted by molar-refractivity contribution is 5.82. The van der Waals surface area contributed by atoms with Crippen molar-refractivity contribution < 1.29 is 14.3 Å². The van der Waals surface area contributed by atoms with Gasteiger partial charge in [0, 0.05) is 25.6 Å². The number of hydrogen-bond donors (Lipinski definition) is 2. The van der Waals surface area contributed by atoms with Crippen molar-refractivity contribution in [2.24, 2.45) is 5.92 Å². The Balaban J connectivity index is 1.64. The van der Waals surface area contributed by atoms with Gasteiger partial charge in [0.2, 0.25) is 0 Å². The van der Waals surface area contributed by atoms with Gasteiger partial charge >= 0.3 is 6.09 Å². The van der Waals surface area contributed by atoms with Crippen molar-refractivity contribution in [1.29, 1.82) is 0 Å². The summed E-state index contributed by atoms with van der Waals surface area (Å²) < 4.78 is 11.0. The molecule has 0 bridgehead atoms. The Hall–Kier alpha value is -2.93. The molecule has 1 fully saturated rings. The maximum Gasteiger partial charge on any atom is 0.408 e. The van der Waals surface area contributed by atoms with Crippen molar-refractivity contribution in [2.45, 2.75) is 45.3 Å². The van der Waals surface area contributed by atoms with Crippen LogP contribution in [0.1, 0.15) is 45.5 Å². The first-order chi connectivity index (χ1) is 14.4. The van der Waals surface area contributed by atoms with Gasteiger partial charge in [-0.05, 0) is 74.9 Å². The van der Waals surface area contributed by atoms with Crippen molar-refractivity contribution in [3.63, 3.8) is 0 Å². The lowest BCUT2D eigenvalue weighted by atomic mass is 9.91. The van der Waals surface area contributed by atoms with Gasteiger partial charge in [-0.25, -0.2) is 9.78 Å². The molecule has 30 heavy (non-hydrogen) atoms. The molecule has 0 unspecified atom stereocenters. The summed E-state index contributed by atoms with van der Waals surface area (Å²) in [6.07, 6.45) is 4.85. The van der Waals surface area contributed by atoms with Gasteiger partial charge in [0.05, 0.1) is 17.1 Å². The minimum atomic E-state index is -0.558. The van der Waals surface area contributed by atoms with Gasteiger partial charge in [-0.2, -0.15) is 0 Å². The van der Waals surface area contributed by atoms with Crippen LogP contribution < -0.4 is 5.32 Å². The van der Waals surface area contributed by atoms with E-state index < -0.39 is 11.7 Å². The van der Waals surface area contributed by atoms with Crippen molar-refractivity contribution in [1.82, 2.24) is 20.3 Å².